The van der Waals surface area contributed by atoms with E-state index in [-0.39, 0.29) is 0 Å². The number of nitrogens with zero attached hydrogens (tertiary/aromatic N) is 2. The van der Waals surface area contributed by atoms with Crippen LogP contribution in [-0.2, 0) is 4.74 Å². The zero-order valence-electron chi connectivity index (χ0n) is 8.03. The van der Waals surface area contributed by atoms with E-state index in [9.17, 15) is 0 Å². The molecule has 0 amide bonds. The average molecular weight is 178 g/mol. The van der Waals surface area contributed by atoms with Crippen molar-refractivity contribution in [3.63, 3.8) is 0 Å². The average Bonchev–Trinajstić information content (AvgIpc) is 2.49. The molecule has 0 saturated heterocycles. The molecule has 0 aromatic rings. The molecule has 0 aromatic carbocycles. The van der Waals surface area contributed by atoms with Gasteiger partial charge in [-0.3, -0.25) is 0 Å². The molecule has 1 aliphatic carbocycles. The fraction of sp³-hybridized carbons (Fsp3) is 0.500. The molecule has 2 rings (SSSR count). The first kappa shape index (κ1) is 8.51. The molecule has 2 aliphatic rings. The molecular formula is C10H14N2O. The van der Waals surface area contributed by atoms with E-state index < -0.39 is 0 Å². The lowest BCUT2D eigenvalue weighted by atomic mass is 10.0. The second kappa shape index (κ2) is 3.34. The summed E-state index contributed by atoms with van der Waals surface area (Å²) in [7, 11) is 1.71. The predicted octanol–water partition coefficient (Wildman–Crippen LogP) is 1.54. The van der Waals surface area contributed by atoms with E-state index >= 15 is 0 Å². The van der Waals surface area contributed by atoms with Crippen LogP contribution in [0.5, 0.6) is 0 Å². The van der Waals surface area contributed by atoms with Crippen LogP contribution in [0.3, 0.4) is 0 Å². The van der Waals surface area contributed by atoms with Crippen molar-refractivity contribution >= 4 is 6.34 Å². The Hall–Kier alpha value is -1.09. The van der Waals surface area contributed by atoms with Crippen molar-refractivity contribution in [2.24, 2.45) is 4.99 Å². The first-order chi connectivity index (χ1) is 6.31. The third-order valence-corrected chi connectivity index (χ3v) is 2.41. The molecule has 70 valence electrons. The maximum absolute atomic E-state index is 5.09. The molecule has 0 N–H and O–H groups in total. The standard InChI is InChI=1S/C10H14N2O/c1-8-3-4-10-9(5-8)11-6-12(10)7-13-2/h3,5-6,10H,4,7H2,1-2H3. The van der Waals surface area contributed by atoms with E-state index in [1.54, 1.807) is 7.11 Å². The van der Waals surface area contributed by atoms with Crippen molar-refractivity contribution in [3.05, 3.63) is 23.4 Å². The van der Waals surface area contributed by atoms with Crippen molar-refractivity contribution in [2.45, 2.75) is 19.4 Å². The van der Waals surface area contributed by atoms with E-state index in [0.717, 1.165) is 12.1 Å². The maximum Gasteiger partial charge on any atom is 0.119 e. The highest BCUT2D eigenvalue weighted by atomic mass is 16.5. The zero-order valence-corrected chi connectivity index (χ0v) is 8.03. The summed E-state index contributed by atoms with van der Waals surface area (Å²) in [6.45, 7) is 2.73. The molecule has 1 aliphatic heterocycles. The molecule has 3 nitrogen and oxygen atoms in total. The van der Waals surface area contributed by atoms with E-state index in [2.05, 4.69) is 29.0 Å². The first-order valence-electron chi connectivity index (χ1n) is 4.48. The Kier molecular flexibility index (Phi) is 2.19. The minimum absolute atomic E-state index is 0.406. The molecular weight excluding hydrogens is 164 g/mol. The van der Waals surface area contributed by atoms with Gasteiger partial charge in [-0.1, -0.05) is 11.6 Å². The smallest absolute Gasteiger partial charge is 0.119 e. The van der Waals surface area contributed by atoms with Gasteiger partial charge < -0.3 is 9.64 Å². The van der Waals surface area contributed by atoms with Gasteiger partial charge in [-0.2, -0.15) is 0 Å². The van der Waals surface area contributed by atoms with Crippen LogP contribution >= 0.6 is 0 Å². The van der Waals surface area contributed by atoms with Crippen LogP contribution in [0.15, 0.2) is 28.4 Å². The number of hydrogen-bond acceptors (Lipinski definition) is 3. The molecule has 0 saturated carbocycles. The van der Waals surface area contributed by atoms with Gasteiger partial charge in [0.2, 0.25) is 0 Å². The number of methoxy groups -OCH3 is 1. The molecule has 1 heterocycles. The number of hydrogen-bond donors (Lipinski definition) is 0. The quantitative estimate of drug-likeness (QED) is 0.640. The summed E-state index contributed by atoms with van der Waals surface area (Å²) in [5, 5.41) is 0. The van der Waals surface area contributed by atoms with Gasteiger partial charge in [-0.15, -0.1) is 0 Å². The van der Waals surface area contributed by atoms with Crippen molar-refractivity contribution < 1.29 is 4.74 Å². The van der Waals surface area contributed by atoms with E-state index in [4.69, 9.17) is 4.74 Å². The second-order valence-electron chi connectivity index (χ2n) is 3.45. The topological polar surface area (TPSA) is 24.8 Å². The lowest BCUT2D eigenvalue weighted by molar-refractivity contribution is 0.101. The summed E-state index contributed by atoms with van der Waals surface area (Å²) < 4.78 is 5.09. The third-order valence-electron chi connectivity index (χ3n) is 2.41. The SMILES string of the molecule is COCN1C=NC2=CC(C)=CCC21. The molecule has 1 atom stereocenters. The minimum atomic E-state index is 0.406. The van der Waals surface area contributed by atoms with Crippen molar-refractivity contribution in [1.82, 2.24) is 4.90 Å². The highest BCUT2D eigenvalue weighted by molar-refractivity contribution is 5.63. The fourth-order valence-electron chi connectivity index (χ4n) is 1.73. The summed E-state index contributed by atoms with van der Waals surface area (Å²) in [4.78, 5) is 6.47. The van der Waals surface area contributed by atoms with Gasteiger partial charge >= 0.3 is 0 Å². The van der Waals surface area contributed by atoms with E-state index in [1.807, 2.05) is 6.34 Å². The largest absolute Gasteiger partial charge is 0.364 e. The van der Waals surface area contributed by atoms with E-state index in [1.165, 1.54) is 5.57 Å². The minimum Gasteiger partial charge on any atom is -0.364 e. The van der Waals surface area contributed by atoms with Crippen LogP contribution in [0, 0.1) is 0 Å². The summed E-state index contributed by atoms with van der Waals surface area (Å²) in [6, 6.07) is 0.406. The highest BCUT2D eigenvalue weighted by Gasteiger charge is 2.26. The Labute approximate surface area is 78.4 Å². The van der Waals surface area contributed by atoms with Gasteiger partial charge in [0.1, 0.15) is 6.73 Å². The zero-order chi connectivity index (χ0) is 9.26. The van der Waals surface area contributed by atoms with E-state index in [0.29, 0.717) is 12.8 Å². The maximum atomic E-state index is 5.09. The van der Waals surface area contributed by atoms with Crippen LogP contribution in [0.4, 0.5) is 0 Å². The van der Waals surface area contributed by atoms with Gasteiger partial charge in [0, 0.05) is 7.11 Å². The van der Waals surface area contributed by atoms with Crippen LogP contribution in [0.25, 0.3) is 0 Å². The Bertz CT molecular complexity index is 291. The summed E-state index contributed by atoms with van der Waals surface area (Å²) in [5.41, 5.74) is 2.47. The lowest BCUT2D eigenvalue weighted by Crippen LogP contribution is -2.32. The molecule has 0 fully saturated rings. The Balaban J connectivity index is 2.12. The number of aliphatic imine (C=N–C) groups is 1. The van der Waals surface area contributed by atoms with Crippen LogP contribution in [0.1, 0.15) is 13.3 Å². The molecule has 0 aromatic heterocycles. The van der Waals surface area contributed by atoms with Crippen molar-refractivity contribution in [1.29, 1.82) is 0 Å². The number of allylic oxidation sites excluding steroid dienone is 2. The normalized spacial score (nSPS) is 25.7. The van der Waals surface area contributed by atoms with Crippen molar-refractivity contribution in [2.75, 3.05) is 13.8 Å². The number of ether oxygens (including phenoxy) is 1. The molecule has 0 radical (unpaired) electrons. The summed E-state index contributed by atoms with van der Waals surface area (Å²) in [6.07, 6.45) is 7.29. The van der Waals surface area contributed by atoms with Crippen molar-refractivity contribution in [3.8, 4) is 0 Å². The third kappa shape index (κ3) is 1.52. The summed E-state index contributed by atoms with van der Waals surface area (Å²) in [5.74, 6) is 0. The van der Waals surface area contributed by atoms with Crippen LogP contribution < -0.4 is 0 Å². The van der Waals surface area contributed by atoms with Gasteiger partial charge in [0.05, 0.1) is 18.1 Å². The fourth-order valence-corrected chi connectivity index (χ4v) is 1.73. The van der Waals surface area contributed by atoms with Gasteiger partial charge in [0.15, 0.2) is 0 Å². The Morgan fingerprint density at radius 3 is 3.31 bits per heavy atom. The highest BCUT2D eigenvalue weighted by Crippen LogP contribution is 2.26. The molecule has 0 bridgehead atoms. The molecule has 3 heteroatoms. The van der Waals surface area contributed by atoms with Crippen LogP contribution in [0.2, 0.25) is 0 Å². The van der Waals surface area contributed by atoms with Gasteiger partial charge in [0.25, 0.3) is 0 Å². The number of rotatable bonds is 2. The number of fused-ring (bicyclic) bond motifs is 1. The molecule has 0 spiro atoms. The van der Waals surface area contributed by atoms with Gasteiger partial charge in [-0.05, 0) is 19.4 Å². The van der Waals surface area contributed by atoms with Gasteiger partial charge in [-0.25, -0.2) is 4.99 Å². The predicted molar refractivity (Wildman–Crippen MR) is 52.5 cm³/mol. The first-order valence-corrected chi connectivity index (χ1v) is 4.48. The Morgan fingerprint density at radius 1 is 1.69 bits per heavy atom. The van der Waals surface area contributed by atoms with Crippen LogP contribution in [-0.4, -0.2) is 31.1 Å². The molecule has 13 heavy (non-hydrogen) atoms. The monoisotopic (exact) mass is 178 g/mol. The second-order valence-corrected chi connectivity index (χ2v) is 3.45. The Morgan fingerprint density at radius 2 is 2.54 bits per heavy atom. The summed E-state index contributed by atoms with van der Waals surface area (Å²) >= 11 is 0. The molecule has 1 unspecified atom stereocenters. The lowest BCUT2D eigenvalue weighted by Gasteiger charge is -2.24.